The molecule has 0 atom stereocenters. The number of nitrogens with one attached hydrogen (secondary N) is 1. The van der Waals surface area contributed by atoms with Gasteiger partial charge in [-0.2, -0.15) is 0 Å². The molecule has 0 bridgehead atoms. The molecule has 0 fully saturated rings. The lowest BCUT2D eigenvalue weighted by atomic mass is 10.2. The van der Waals surface area contributed by atoms with Crippen LogP contribution in [0, 0.1) is 0 Å². The number of nitrogens with zero attached hydrogens (tertiary/aromatic N) is 1. The summed E-state index contributed by atoms with van der Waals surface area (Å²) in [5.41, 5.74) is 1.11. The first kappa shape index (κ1) is 23.0. The molecule has 0 spiro atoms. The summed E-state index contributed by atoms with van der Waals surface area (Å²) in [5.74, 6) is -2.37. The maximum atomic E-state index is 12.9. The molecule has 0 unspecified atom stereocenters. The quantitative estimate of drug-likeness (QED) is 0.475. The molecule has 32 heavy (non-hydrogen) atoms. The van der Waals surface area contributed by atoms with Gasteiger partial charge in [0.25, 0.3) is 11.8 Å². The van der Waals surface area contributed by atoms with Crippen molar-refractivity contribution in [1.29, 1.82) is 0 Å². The highest BCUT2D eigenvalue weighted by molar-refractivity contribution is 6.53. The van der Waals surface area contributed by atoms with Crippen LogP contribution in [0.25, 0.3) is 0 Å². The lowest BCUT2D eigenvalue weighted by Crippen LogP contribution is -2.32. The fourth-order valence-electron chi connectivity index (χ4n) is 2.95. The van der Waals surface area contributed by atoms with Crippen LogP contribution in [0.3, 0.4) is 0 Å². The summed E-state index contributed by atoms with van der Waals surface area (Å²) >= 11 is 6.15. The Morgan fingerprint density at radius 3 is 2.28 bits per heavy atom. The van der Waals surface area contributed by atoms with Crippen LogP contribution in [0.1, 0.15) is 41.0 Å². The van der Waals surface area contributed by atoms with Crippen molar-refractivity contribution in [1.82, 2.24) is 0 Å². The van der Waals surface area contributed by atoms with Gasteiger partial charge in [-0.15, -0.1) is 0 Å². The van der Waals surface area contributed by atoms with Gasteiger partial charge in [-0.05, 0) is 55.8 Å². The second-order valence-electron chi connectivity index (χ2n) is 6.74. The summed E-state index contributed by atoms with van der Waals surface area (Å²) in [7, 11) is 0. The Labute approximate surface area is 189 Å². The maximum absolute atomic E-state index is 12.9. The second-order valence-corrected chi connectivity index (χ2v) is 7.12. The molecule has 166 valence electrons. The highest BCUT2D eigenvalue weighted by Crippen LogP contribution is 2.30. The molecule has 9 heteroatoms. The van der Waals surface area contributed by atoms with Gasteiger partial charge < -0.3 is 14.8 Å². The van der Waals surface area contributed by atoms with Crippen molar-refractivity contribution in [3.63, 3.8) is 0 Å². The van der Waals surface area contributed by atoms with Crippen LogP contribution in [0.15, 0.2) is 59.3 Å². The van der Waals surface area contributed by atoms with Crippen LogP contribution in [0.4, 0.5) is 11.4 Å². The molecule has 0 aliphatic carbocycles. The van der Waals surface area contributed by atoms with E-state index in [4.69, 9.17) is 21.1 Å². The van der Waals surface area contributed by atoms with Crippen molar-refractivity contribution in [2.75, 3.05) is 23.4 Å². The van der Waals surface area contributed by atoms with Gasteiger partial charge in [0.15, 0.2) is 0 Å². The molecule has 3 rings (SSSR count). The number of carbonyl (C=O) groups is 4. The molecule has 8 nitrogen and oxygen atoms in total. The van der Waals surface area contributed by atoms with E-state index in [9.17, 15) is 19.2 Å². The zero-order chi connectivity index (χ0) is 23.3. The average molecular weight is 457 g/mol. The Morgan fingerprint density at radius 1 is 0.938 bits per heavy atom. The van der Waals surface area contributed by atoms with Crippen molar-refractivity contribution < 1.29 is 28.7 Å². The SMILES string of the molecule is CCCOC(=O)c1ccc(N2C(=O)C(Cl)=C(Nc3cccc(C(=O)OCC)c3)C2=O)cc1. The normalized spacial score (nSPS) is 13.4. The molecule has 1 aliphatic heterocycles. The van der Waals surface area contributed by atoms with E-state index in [-0.39, 0.29) is 28.6 Å². The van der Waals surface area contributed by atoms with Crippen LogP contribution < -0.4 is 10.2 Å². The molecule has 1 aliphatic rings. The topological polar surface area (TPSA) is 102 Å². The van der Waals surface area contributed by atoms with Crippen molar-refractivity contribution in [3.05, 3.63) is 70.4 Å². The van der Waals surface area contributed by atoms with Gasteiger partial charge in [-0.3, -0.25) is 9.59 Å². The van der Waals surface area contributed by atoms with E-state index in [2.05, 4.69) is 5.32 Å². The third-order valence-corrected chi connectivity index (χ3v) is 4.82. The lowest BCUT2D eigenvalue weighted by molar-refractivity contribution is -0.120. The van der Waals surface area contributed by atoms with Crippen LogP contribution >= 0.6 is 11.6 Å². The van der Waals surface area contributed by atoms with Gasteiger partial charge >= 0.3 is 11.9 Å². The highest BCUT2D eigenvalue weighted by Gasteiger charge is 2.39. The molecule has 0 aromatic heterocycles. The molecule has 1 N–H and O–H groups in total. The molecule has 0 saturated carbocycles. The largest absolute Gasteiger partial charge is 0.462 e. The highest BCUT2D eigenvalue weighted by atomic mass is 35.5. The third kappa shape index (κ3) is 4.81. The minimum atomic E-state index is -0.706. The molecular weight excluding hydrogens is 436 g/mol. The number of hydrogen-bond donors (Lipinski definition) is 1. The first-order chi connectivity index (χ1) is 15.4. The fraction of sp³-hybridized carbons (Fsp3) is 0.217. The van der Waals surface area contributed by atoms with E-state index >= 15 is 0 Å². The Bertz CT molecular complexity index is 1090. The first-order valence-electron chi connectivity index (χ1n) is 9.97. The molecule has 2 aromatic carbocycles. The van der Waals surface area contributed by atoms with Crippen LogP contribution in [0.5, 0.6) is 0 Å². The lowest BCUT2D eigenvalue weighted by Gasteiger charge is -2.15. The van der Waals surface area contributed by atoms with Gasteiger partial charge in [-0.1, -0.05) is 24.6 Å². The standard InChI is InChI=1S/C23H21ClN2O6/c1-3-12-32-22(29)14-8-10-17(11-9-14)26-20(27)18(24)19(21(26)28)25-16-7-5-6-15(13-16)23(30)31-4-2/h5-11,13,25H,3-4,12H2,1-2H3. The number of esters is 2. The van der Waals surface area contributed by atoms with Gasteiger partial charge in [0.05, 0.1) is 30.0 Å². The number of imide groups is 1. The Morgan fingerprint density at radius 2 is 1.62 bits per heavy atom. The van der Waals surface area contributed by atoms with Crippen molar-refractivity contribution in [2.24, 2.45) is 0 Å². The van der Waals surface area contributed by atoms with E-state index < -0.39 is 23.8 Å². The number of carbonyl (C=O) groups excluding carboxylic acids is 4. The summed E-state index contributed by atoms with van der Waals surface area (Å²) in [6.45, 7) is 4.11. The van der Waals surface area contributed by atoms with Gasteiger partial charge in [0, 0.05) is 5.69 Å². The number of amides is 2. The molecular formula is C23H21ClN2O6. The minimum Gasteiger partial charge on any atom is -0.462 e. The Kier molecular flexibility index (Phi) is 7.27. The summed E-state index contributed by atoms with van der Waals surface area (Å²) in [5, 5.41) is 2.53. The van der Waals surface area contributed by atoms with E-state index in [1.54, 1.807) is 25.1 Å². The van der Waals surface area contributed by atoms with Crippen LogP contribution in [-0.4, -0.2) is 37.0 Å². The maximum Gasteiger partial charge on any atom is 0.338 e. The fourth-order valence-corrected chi connectivity index (χ4v) is 3.17. The van der Waals surface area contributed by atoms with E-state index in [1.165, 1.54) is 30.3 Å². The minimum absolute atomic E-state index is 0.121. The molecule has 0 radical (unpaired) electrons. The predicted molar refractivity (Wildman–Crippen MR) is 118 cm³/mol. The van der Waals surface area contributed by atoms with Crippen LogP contribution in [0.2, 0.25) is 0 Å². The summed E-state index contributed by atoms with van der Waals surface area (Å²) < 4.78 is 10.0. The molecule has 0 saturated heterocycles. The Balaban J connectivity index is 1.78. The monoisotopic (exact) mass is 456 g/mol. The third-order valence-electron chi connectivity index (χ3n) is 4.47. The molecule has 1 heterocycles. The number of benzene rings is 2. The van der Waals surface area contributed by atoms with Crippen molar-refractivity contribution in [3.8, 4) is 0 Å². The summed E-state index contributed by atoms with van der Waals surface area (Å²) in [6.07, 6.45) is 0.698. The predicted octanol–water partition coefficient (Wildman–Crippen LogP) is 3.87. The van der Waals surface area contributed by atoms with Gasteiger partial charge in [0.2, 0.25) is 0 Å². The number of halogens is 1. The van der Waals surface area contributed by atoms with Crippen molar-refractivity contribution in [2.45, 2.75) is 20.3 Å². The number of ether oxygens (including phenoxy) is 2. The number of rotatable bonds is 8. The van der Waals surface area contributed by atoms with Crippen LogP contribution in [-0.2, 0) is 19.1 Å². The number of hydrogen-bond acceptors (Lipinski definition) is 7. The van der Waals surface area contributed by atoms with Gasteiger partial charge in [-0.25, -0.2) is 14.5 Å². The summed E-state index contributed by atoms with van der Waals surface area (Å²) in [6, 6.07) is 12.2. The Hall–Kier alpha value is -3.65. The second kappa shape index (κ2) is 10.1. The van der Waals surface area contributed by atoms with Crippen molar-refractivity contribution >= 4 is 46.7 Å². The summed E-state index contributed by atoms with van der Waals surface area (Å²) in [4.78, 5) is 50.4. The zero-order valence-corrected chi connectivity index (χ0v) is 18.3. The van der Waals surface area contributed by atoms with Gasteiger partial charge in [0.1, 0.15) is 10.7 Å². The smallest absolute Gasteiger partial charge is 0.338 e. The molecule has 2 amide bonds. The zero-order valence-electron chi connectivity index (χ0n) is 17.5. The van der Waals surface area contributed by atoms with E-state index in [0.717, 1.165) is 4.90 Å². The average Bonchev–Trinajstić information content (AvgIpc) is 3.01. The first-order valence-corrected chi connectivity index (χ1v) is 10.3. The van der Waals surface area contributed by atoms with E-state index in [1.807, 2.05) is 6.92 Å². The molecule has 2 aromatic rings. The number of anilines is 2. The van der Waals surface area contributed by atoms with E-state index in [0.29, 0.717) is 24.3 Å².